The molecule has 8 nitrogen and oxygen atoms in total. The van der Waals surface area contributed by atoms with Crippen LogP contribution in [0.5, 0.6) is 0 Å². The van der Waals surface area contributed by atoms with Crippen LogP contribution in [-0.2, 0) is 4.79 Å². The highest BCUT2D eigenvalue weighted by Gasteiger charge is 2.30. The Kier molecular flexibility index (Phi) is 5.65. The Morgan fingerprint density at radius 1 is 1.10 bits per heavy atom. The number of anilines is 1. The van der Waals surface area contributed by atoms with E-state index in [9.17, 15) is 4.79 Å². The normalized spacial score (nSPS) is 19.6. The van der Waals surface area contributed by atoms with Crippen LogP contribution < -0.4 is 5.32 Å². The zero-order chi connectivity index (χ0) is 21.2. The fourth-order valence-electron chi connectivity index (χ4n) is 4.69. The molecule has 4 heterocycles. The van der Waals surface area contributed by atoms with Gasteiger partial charge in [0.05, 0.1) is 11.7 Å². The van der Waals surface area contributed by atoms with Crippen molar-refractivity contribution in [2.24, 2.45) is 5.92 Å². The fourth-order valence-corrected chi connectivity index (χ4v) is 4.69. The van der Waals surface area contributed by atoms with Gasteiger partial charge in [-0.25, -0.2) is 15.0 Å². The van der Waals surface area contributed by atoms with Crippen LogP contribution in [0.15, 0.2) is 41.4 Å². The second-order valence-corrected chi connectivity index (χ2v) is 8.67. The Hall–Kier alpha value is -2.84. The molecule has 2 fully saturated rings. The molecule has 31 heavy (non-hydrogen) atoms. The van der Waals surface area contributed by atoms with Gasteiger partial charge in [-0.05, 0) is 65.0 Å². The molecule has 2 saturated heterocycles. The average Bonchev–Trinajstić information content (AvgIpc) is 3.34. The van der Waals surface area contributed by atoms with Crippen molar-refractivity contribution in [3.8, 4) is 11.3 Å². The molecule has 8 heteroatoms. The standard InChI is InChI=1S/C23H28N6O2/c1-28-8-6-19(7-9-28)29-10-4-16(5-11-29)22(30)27-23-25-13-18-3-2-17(12-20(18)26-23)21-14-24-15-31-21/h2-3,12-16,19H,4-11H2,1H3,(H,25,26,27,30). The minimum absolute atomic E-state index is 0.0161. The lowest BCUT2D eigenvalue weighted by atomic mass is 9.93. The van der Waals surface area contributed by atoms with Crippen molar-refractivity contribution >= 4 is 22.8 Å². The molecule has 0 unspecified atom stereocenters. The van der Waals surface area contributed by atoms with E-state index in [4.69, 9.17) is 4.42 Å². The first-order valence-electron chi connectivity index (χ1n) is 11.0. The monoisotopic (exact) mass is 420 g/mol. The van der Waals surface area contributed by atoms with E-state index in [1.807, 2.05) is 18.2 Å². The van der Waals surface area contributed by atoms with Crippen molar-refractivity contribution in [1.82, 2.24) is 24.8 Å². The van der Waals surface area contributed by atoms with Gasteiger partial charge in [0.25, 0.3) is 0 Å². The van der Waals surface area contributed by atoms with Gasteiger partial charge in [0.1, 0.15) is 0 Å². The van der Waals surface area contributed by atoms with E-state index in [1.54, 1.807) is 12.4 Å². The van der Waals surface area contributed by atoms with Crippen LogP contribution in [0.25, 0.3) is 22.2 Å². The summed E-state index contributed by atoms with van der Waals surface area (Å²) < 4.78 is 5.37. The predicted octanol–water partition coefficient (Wildman–Crippen LogP) is 3.03. The molecule has 0 bridgehead atoms. The fraction of sp³-hybridized carbons (Fsp3) is 0.478. The molecule has 5 rings (SSSR count). The number of oxazole rings is 1. The van der Waals surface area contributed by atoms with Crippen molar-refractivity contribution in [3.05, 3.63) is 37.0 Å². The number of hydrogen-bond donors (Lipinski definition) is 1. The summed E-state index contributed by atoms with van der Waals surface area (Å²) in [6.45, 7) is 4.32. The zero-order valence-corrected chi connectivity index (χ0v) is 17.8. The molecule has 2 aliphatic heterocycles. The number of hydrogen-bond acceptors (Lipinski definition) is 7. The number of benzene rings is 1. The van der Waals surface area contributed by atoms with Crippen LogP contribution in [-0.4, -0.2) is 69.9 Å². The molecule has 2 aromatic heterocycles. The van der Waals surface area contributed by atoms with E-state index in [0.29, 0.717) is 17.8 Å². The van der Waals surface area contributed by atoms with Crippen molar-refractivity contribution in [3.63, 3.8) is 0 Å². The maximum absolute atomic E-state index is 12.8. The number of nitrogens with one attached hydrogen (secondary N) is 1. The molecular formula is C23H28N6O2. The van der Waals surface area contributed by atoms with Crippen molar-refractivity contribution < 1.29 is 9.21 Å². The average molecular weight is 421 g/mol. The molecule has 0 spiro atoms. The van der Waals surface area contributed by atoms with Gasteiger partial charge in [0.15, 0.2) is 12.2 Å². The summed E-state index contributed by atoms with van der Waals surface area (Å²) >= 11 is 0. The first-order chi connectivity index (χ1) is 15.2. The molecule has 1 amide bonds. The van der Waals surface area contributed by atoms with E-state index in [-0.39, 0.29) is 11.8 Å². The molecule has 0 atom stereocenters. The maximum Gasteiger partial charge on any atom is 0.229 e. The van der Waals surface area contributed by atoms with Gasteiger partial charge in [-0.15, -0.1) is 0 Å². The zero-order valence-electron chi connectivity index (χ0n) is 17.8. The van der Waals surface area contributed by atoms with Crippen LogP contribution in [0.3, 0.4) is 0 Å². The van der Waals surface area contributed by atoms with Gasteiger partial charge in [0, 0.05) is 29.1 Å². The Labute approximate surface area is 181 Å². The highest BCUT2D eigenvalue weighted by atomic mass is 16.3. The highest BCUT2D eigenvalue weighted by Crippen LogP contribution is 2.26. The second kappa shape index (κ2) is 8.72. The SMILES string of the molecule is CN1CCC(N2CCC(C(=O)Nc3ncc4ccc(-c5cnco5)cc4n3)CC2)CC1. The summed E-state index contributed by atoms with van der Waals surface area (Å²) in [4.78, 5) is 30.7. The van der Waals surface area contributed by atoms with E-state index in [1.165, 1.54) is 32.3 Å². The molecule has 3 aromatic rings. The minimum Gasteiger partial charge on any atom is -0.444 e. The van der Waals surface area contributed by atoms with Crippen LogP contribution in [0.2, 0.25) is 0 Å². The van der Waals surface area contributed by atoms with Crippen LogP contribution >= 0.6 is 0 Å². The number of aromatic nitrogens is 3. The van der Waals surface area contributed by atoms with Crippen molar-refractivity contribution in [2.75, 3.05) is 38.5 Å². The predicted molar refractivity (Wildman–Crippen MR) is 118 cm³/mol. The summed E-state index contributed by atoms with van der Waals surface area (Å²) in [6, 6.07) is 6.48. The number of carbonyl (C=O) groups is 1. The number of likely N-dealkylation sites (tertiary alicyclic amines) is 2. The number of amides is 1. The van der Waals surface area contributed by atoms with Crippen molar-refractivity contribution in [1.29, 1.82) is 0 Å². The first-order valence-corrected chi connectivity index (χ1v) is 11.0. The van der Waals surface area contributed by atoms with Gasteiger partial charge in [-0.3, -0.25) is 10.1 Å². The second-order valence-electron chi connectivity index (χ2n) is 8.67. The topological polar surface area (TPSA) is 87.4 Å². The quantitative estimate of drug-likeness (QED) is 0.694. The molecule has 1 N–H and O–H groups in total. The van der Waals surface area contributed by atoms with E-state index < -0.39 is 0 Å². The van der Waals surface area contributed by atoms with E-state index in [0.717, 1.165) is 42.4 Å². The lowest BCUT2D eigenvalue weighted by Crippen LogP contribution is -2.48. The number of rotatable bonds is 4. The highest BCUT2D eigenvalue weighted by molar-refractivity contribution is 5.92. The molecule has 162 valence electrons. The smallest absolute Gasteiger partial charge is 0.229 e. The summed E-state index contributed by atoms with van der Waals surface area (Å²) in [5.74, 6) is 1.07. The molecule has 0 aliphatic carbocycles. The Balaban J connectivity index is 1.21. The number of carbonyl (C=O) groups excluding carboxylic acids is 1. The lowest BCUT2D eigenvalue weighted by molar-refractivity contribution is -0.121. The number of piperidine rings is 2. The van der Waals surface area contributed by atoms with Gasteiger partial charge in [-0.2, -0.15) is 0 Å². The largest absolute Gasteiger partial charge is 0.444 e. The number of nitrogens with zero attached hydrogens (tertiary/aromatic N) is 5. The first kappa shape index (κ1) is 20.1. The van der Waals surface area contributed by atoms with Gasteiger partial charge >= 0.3 is 0 Å². The summed E-state index contributed by atoms with van der Waals surface area (Å²) in [7, 11) is 2.19. The molecule has 1 aromatic carbocycles. The third-order valence-corrected chi connectivity index (χ3v) is 6.64. The van der Waals surface area contributed by atoms with Crippen LogP contribution in [0.4, 0.5) is 5.95 Å². The lowest BCUT2D eigenvalue weighted by Gasteiger charge is -2.40. The van der Waals surface area contributed by atoms with Gasteiger partial charge in [-0.1, -0.05) is 12.1 Å². The summed E-state index contributed by atoms with van der Waals surface area (Å²) in [5, 5.41) is 3.85. The molecule has 0 saturated carbocycles. The van der Waals surface area contributed by atoms with Crippen LogP contribution in [0, 0.1) is 5.92 Å². The van der Waals surface area contributed by atoms with E-state index in [2.05, 4.69) is 37.1 Å². The van der Waals surface area contributed by atoms with Crippen LogP contribution in [0.1, 0.15) is 25.7 Å². The molecule has 0 radical (unpaired) electrons. The Morgan fingerprint density at radius 2 is 1.90 bits per heavy atom. The minimum atomic E-state index is 0.0161. The molecule has 2 aliphatic rings. The number of fused-ring (bicyclic) bond motifs is 1. The summed E-state index contributed by atoms with van der Waals surface area (Å²) in [6.07, 6.45) is 9.06. The van der Waals surface area contributed by atoms with Gasteiger partial charge < -0.3 is 14.2 Å². The van der Waals surface area contributed by atoms with Crippen molar-refractivity contribution in [2.45, 2.75) is 31.7 Å². The Morgan fingerprint density at radius 3 is 2.65 bits per heavy atom. The third kappa shape index (κ3) is 4.45. The van der Waals surface area contributed by atoms with E-state index >= 15 is 0 Å². The molecular weight excluding hydrogens is 392 g/mol. The van der Waals surface area contributed by atoms with Gasteiger partial charge in [0.2, 0.25) is 11.9 Å². The maximum atomic E-state index is 12.8. The Bertz CT molecular complexity index is 1040. The third-order valence-electron chi connectivity index (χ3n) is 6.64. The summed E-state index contributed by atoms with van der Waals surface area (Å²) in [5.41, 5.74) is 1.65.